The first kappa shape index (κ1) is 12.9. The quantitative estimate of drug-likeness (QED) is 0.733. The van der Waals surface area contributed by atoms with Gasteiger partial charge in [0.2, 0.25) is 0 Å². The van der Waals surface area contributed by atoms with Crippen LogP contribution in [0.3, 0.4) is 0 Å². The highest BCUT2D eigenvalue weighted by molar-refractivity contribution is 4.78. The average molecular weight is 215 g/mol. The van der Waals surface area contributed by atoms with Crippen molar-refractivity contribution in [1.82, 2.24) is 0 Å². The molecular weight excluding hydrogens is 190 g/mol. The zero-order valence-corrected chi connectivity index (χ0v) is 10.0. The van der Waals surface area contributed by atoms with Crippen molar-refractivity contribution in [2.75, 3.05) is 13.2 Å². The number of hydrogen-bond acceptors (Lipinski definition) is 3. The lowest BCUT2D eigenvalue weighted by Crippen LogP contribution is -2.28. The summed E-state index contributed by atoms with van der Waals surface area (Å²) in [5, 5.41) is 9.27. The second-order valence-corrected chi connectivity index (χ2v) is 5.41. The topological polar surface area (TPSA) is 55.5 Å². The average Bonchev–Trinajstić information content (AvgIpc) is 2.20. The van der Waals surface area contributed by atoms with Gasteiger partial charge < -0.3 is 15.6 Å². The SMILES string of the molecule is CC1(C)CCC(OCCC(O)CN)CC1. The van der Waals surface area contributed by atoms with E-state index < -0.39 is 6.10 Å². The Hall–Kier alpha value is -0.120. The van der Waals surface area contributed by atoms with Crippen molar-refractivity contribution < 1.29 is 9.84 Å². The molecule has 0 saturated heterocycles. The number of hydrogen-bond donors (Lipinski definition) is 2. The van der Waals surface area contributed by atoms with Crippen LogP contribution >= 0.6 is 0 Å². The van der Waals surface area contributed by atoms with E-state index in [9.17, 15) is 5.11 Å². The molecule has 0 bridgehead atoms. The fraction of sp³-hybridized carbons (Fsp3) is 1.00. The molecule has 1 rings (SSSR count). The van der Waals surface area contributed by atoms with Crippen molar-refractivity contribution >= 4 is 0 Å². The summed E-state index contributed by atoms with van der Waals surface area (Å²) in [6.45, 7) is 5.62. The van der Waals surface area contributed by atoms with Crippen LogP contribution in [0, 0.1) is 5.41 Å². The number of ether oxygens (including phenoxy) is 1. The van der Waals surface area contributed by atoms with E-state index in [2.05, 4.69) is 13.8 Å². The van der Waals surface area contributed by atoms with E-state index in [1.54, 1.807) is 0 Å². The van der Waals surface area contributed by atoms with Gasteiger partial charge >= 0.3 is 0 Å². The molecule has 0 aromatic heterocycles. The summed E-state index contributed by atoms with van der Waals surface area (Å²) in [5.74, 6) is 0. The number of rotatable bonds is 5. The van der Waals surface area contributed by atoms with E-state index in [-0.39, 0.29) is 0 Å². The molecule has 3 nitrogen and oxygen atoms in total. The lowest BCUT2D eigenvalue weighted by molar-refractivity contribution is -0.00860. The number of nitrogens with two attached hydrogens (primary N) is 1. The highest BCUT2D eigenvalue weighted by Gasteiger charge is 2.26. The van der Waals surface area contributed by atoms with Crippen molar-refractivity contribution in [3.63, 3.8) is 0 Å². The Morgan fingerprint density at radius 3 is 2.53 bits per heavy atom. The van der Waals surface area contributed by atoms with E-state index in [0.717, 1.165) is 12.8 Å². The van der Waals surface area contributed by atoms with Gasteiger partial charge in [-0.2, -0.15) is 0 Å². The van der Waals surface area contributed by atoms with Gasteiger partial charge in [0.25, 0.3) is 0 Å². The van der Waals surface area contributed by atoms with Gasteiger partial charge in [0, 0.05) is 13.2 Å². The monoisotopic (exact) mass is 215 g/mol. The minimum absolute atomic E-state index is 0.334. The molecule has 0 aliphatic heterocycles. The molecule has 3 heteroatoms. The number of aliphatic hydroxyl groups is 1. The zero-order chi connectivity index (χ0) is 11.3. The van der Waals surface area contributed by atoms with Crippen LogP contribution in [0.25, 0.3) is 0 Å². The Bertz CT molecular complexity index is 172. The molecule has 0 radical (unpaired) electrons. The summed E-state index contributed by atoms with van der Waals surface area (Å²) < 4.78 is 5.73. The van der Waals surface area contributed by atoms with Crippen LogP contribution < -0.4 is 5.73 Å². The lowest BCUT2D eigenvalue weighted by atomic mass is 9.76. The third-order valence-corrected chi connectivity index (χ3v) is 3.36. The third-order valence-electron chi connectivity index (χ3n) is 3.36. The van der Waals surface area contributed by atoms with Crippen molar-refractivity contribution in [2.45, 2.75) is 58.2 Å². The summed E-state index contributed by atoms with van der Waals surface area (Å²) in [5.41, 5.74) is 5.82. The van der Waals surface area contributed by atoms with Gasteiger partial charge in [-0.1, -0.05) is 13.8 Å². The molecule has 1 unspecified atom stereocenters. The predicted octanol–water partition coefficient (Wildman–Crippen LogP) is 1.68. The van der Waals surface area contributed by atoms with Gasteiger partial charge in [-0.3, -0.25) is 0 Å². The van der Waals surface area contributed by atoms with Crippen LogP contribution in [0.15, 0.2) is 0 Å². The molecule has 3 N–H and O–H groups in total. The highest BCUT2D eigenvalue weighted by atomic mass is 16.5. The van der Waals surface area contributed by atoms with Crippen molar-refractivity contribution in [3.05, 3.63) is 0 Å². The maximum Gasteiger partial charge on any atom is 0.0684 e. The molecule has 1 atom stereocenters. The minimum Gasteiger partial charge on any atom is -0.392 e. The molecule has 1 fully saturated rings. The van der Waals surface area contributed by atoms with Crippen molar-refractivity contribution in [3.8, 4) is 0 Å². The third kappa shape index (κ3) is 4.96. The summed E-state index contributed by atoms with van der Waals surface area (Å²) >= 11 is 0. The Morgan fingerprint density at radius 1 is 1.40 bits per heavy atom. The Labute approximate surface area is 93.0 Å². The molecule has 0 aromatic rings. The van der Waals surface area contributed by atoms with Crippen molar-refractivity contribution in [2.24, 2.45) is 11.1 Å². The molecule has 0 heterocycles. The number of aliphatic hydroxyl groups excluding tert-OH is 1. The van der Waals surface area contributed by atoms with E-state index in [1.807, 2.05) is 0 Å². The molecule has 1 saturated carbocycles. The van der Waals surface area contributed by atoms with E-state index in [1.165, 1.54) is 12.8 Å². The standard InChI is InChI=1S/C12H25NO2/c1-12(2)6-3-11(4-7-12)15-8-5-10(14)9-13/h10-11,14H,3-9,13H2,1-2H3. The smallest absolute Gasteiger partial charge is 0.0684 e. The fourth-order valence-corrected chi connectivity index (χ4v) is 2.03. The second-order valence-electron chi connectivity index (χ2n) is 5.41. The molecule has 15 heavy (non-hydrogen) atoms. The predicted molar refractivity (Wildman–Crippen MR) is 61.7 cm³/mol. The van der Waals surface area contributed by atoms with E-state index >= 15 is 0 Å². The van der Waals surface area contributed by atoms with Gasteiger partial charge in [0.1, 0.15) is 0 Å². The maximum atomic E-state index is 9.27. The molecule has 90 valence electrons. The molecule has 0 aromatic carbocycles. The fourth-order valence-electron chi connectivity index (χ4n) is 2.03. The van der Waals surface area contributed by atoms with Crippen LogP contribution in [-0.4, -0.2) is 30.5 Å². The lowest BCUT2D eigenvalue weighted by Gasteiger charge is -2.34. The largest absolute Gasteiger partial charge is 0.392 e. The molecule has 1 aliphatic rings. The molecule has 1 aliphatic carbocycles. The van der Waals surface area contributed by atoms with Crippen LogP contribution in [-0.2, 0) is 4.74 Å². The van der Waals surface area contributed by atoms with E-state index in [4.69, 9.17) is 10.5 Å². The maximum absolute atomic E-state index is 9.27. The van der Waals surface area contributed by atoms with Crippen LogP contribution in [0.1, 0.15) is 46.0 Å². The summed E-state index contributed by atoms with van der Waals surface area (Å²) in [6.07, 6.45) is 5.48. The van der Waals surface area contributed by atoms with Gasteiger partial charge in [0.05, 0.1) is 12.2 Å². The van der Waals surface area contributed by atoms with Crippen LogP contribution in [0.2, 0.25) is 0 Å². The Balaban J connectivity index is 2.09. The Morgan fingerprint density at radius 2 is 2.00 bits per heavy atom. The Kier molecular flexibility index (Phi) is 5.03. The summed E-state index contributed by atoms with van der Waals surface area (Å²) in [7, 11) is 0. The van der Waals surface area contributed by atoms with Gasteiger partial charge in [0.15, 0.2) is 0 Å². The molecular formula is C12H25NO2. The minimum atomic E-state index is -0.398. The second kappa shape index (κ2) is 5.83. The van der Waals surface area contributed by atoms with Gasteiger partial charge in [-0.25, -0.2) is 0 Å². The first-order valence-electron chi connectivity index (χ1n) is 6.03. The van der Waals surface area contributed by atoms with Crippen molar-refractivity contribution in [1.29, 1.82) is 0 Å². The first-order valence-corrected chi connectivity index (χ1v) is 6.03. The normalized spacial score (nSPS) is 24.0. The van der Waals surface area contributed by atoms with Gasteiger partial charge in [-0.05, 0) is 37.5 Å². The first-order chi connectivity index (χ1) is 7.03. The zero-order valence-electron chi connectivity index (χ0n) is 10.0. The van der Waals surface area contributed by atoms with Crippen LogP contribution in [0.4, 0.5) is 0 Å². The summed E-state index contributed by atoms with van der Waals surface area (Å²) in [6, 6.07) is 0. The van der Waals surface area contributed by atoms with E-state index in [0.29, 0.717) is 31.1 Å². The molecule has 0 spiro atoms. The molecule has 0 amide bonds. The van der Waals surface area contributed by atoms with Crippen LogP contribution in [0.5, 0.6) is 0 Å². The van der Waals surface area contributed by atoms with Gasteiger partial charge in [-0.15, -0.1) is 0 Å². The summed E-state index contributed by atoms with van der Waals surface area (Å²) in [4.78, 5) is 0. The highest BCUT2D eigenvalue weighted by Crippen LogP contribution is 2.36.